The van der Waals surface area contributed by atoms with E-state index in [1.54, 1.807) is 0 Å². The second-order valence-electron chi connectivity index (χ2n) is 3.86. The molecule has 1 heterocycles. The molecule has 1 saturated heterocycles. The van der Waals surface area contributed by atoms with Crippen LogP contribution in [-0.4, -0.2) is 49.8 Å². The second kappa shape index (κ2) is 7.19. The number of carbonyl (C=O) groups is 2. The van der Waals surface area contributed by atoms with E-state index in [2.05, 4.69) is 10.6 Å². The van der Waals surface area contributed by atoms with Crippen LogP contribution in [0, 0.1) is 5.92 Å². The van der Waals surface area contributed by atoms with Gasteiger partial charge in [-0.25, -0.2) is 4.79 Å². The first-order valence-corrected chi connectivity index (χ1v) is 5.45. The fraction of sp³-hybridized carbons (Fsp3) is 0.800. The van der Waals surface area contributed by atoms with Crippen LogP contribution in [0.5, 0.6) is 0 Å². The van der Waals surface area contributed by atoms with E-state index >= 15 is 0 Å². The Hall–Kier alpha value is -1.14. The number of ether oxygens (including phenoxy) is 1. The molecule has 1 unspecified atom stereocenters. The van der Waals surface area contributed by atoms with Gasteiger partial charge in [0.1, 0.15) is 6.61 Å². The molecule has 6 nitrogen and oxygen atoms in total. The minimum Gasteiger partial charge on any atom is -0.480 e. The van der Waals surface area contributed by atoms with Crippen LogP contribution in [-0.2, 0) is 14.3 Å². The third-order valence-corrected chi connectivity index (χ3v) is 2.43. The Labute approximate surface area is 94.3 Å². The van der Waals surface area contributed by atoms with Gasteiger partial charge in [0.2, 0.25) is 5.91 Å². The van der Waals surface area contributed by atoms with Gasteiger partial charge in [-0.15, -0.1) is 0 Å². The van der Waals surface area contributed by atoms with Crippen molar-refractivity contribution < 1.29 is 19.4 Å². The predicted octanol–water partition coefficient (Wildman–Crippen LogP) is -0.797. The third-order valence-electron chi connectivity index (χ3n) is 2.43. The van der Waals surface area contributed by atoms with Gasteiger partial charge in [0.25, 0.3) is 0 Å². The lowest BCUT2D eigenvalue weighted by Crippen LogP contribution is -2.29. The summed E-state index contributed by atoms with van der Waals surface area (Å²) in [6.45, 7) is 2.18. The van der Waals surface area contributed by atoms with Gasteiger partial charge in [0.05, 0.1) is 6.61 Å². The number of hydrogen-bond acceptors (Lipinski definition) is 4. The van der Waals surface area contributed by atoms with Gasteiger partial charge < -0.3 is 20.5 Å². The highest BCUT2D eigenvalue weighted by atomic mass is 16.5. The maximum atomic E-state index is 11.4. The summed E-state index contributed by atoms with van der Waals surface area (Å²) in [5, 5.41) is 14.2. The Morgan fingerprint density at radius 1 is 1.50 bits per heavy atom. The van der Waals surface area contributed by atoms with Crippen LogP contribution in [0.15, 0.2) is 0 Å². The van der Waals surface area contributed by atoms with Crippen LogP contribution >= 0.6 is 0 Å². The topological polar surface area (TPSA) is 87.7 Å². The molecule has 1 atom stereocenters. The molecule has 1 amide bonds. The Morgan fingerprint density at radius 2 is 2.31 bits per heavy atom. The molecule has 0 bridgehead atoms. The summed E-state index contributed by atoms with van der Waals surface area (Å²) < 4.78 is 4.79. The van der Waals surface area contributed by atoms with Crippen LogP contribution < -0.4 is 10.6 Å². The van der Waals surface area contributed by atoms with Crippen molar-refractivity contribution in [1.29, 1.82) is 0 Å². The largest absolute Gasteiger partial charge is 0.480 e. The minimum atomic E-state index is -0.997. The van der Waals surface area contributed by atoms with Gasteiger partial charge in [0, 0.05) is 13.0 Å². The number of carboxylic acid groups (broad SMARTS) is 1. The van der Waals surface area contributed by atoms with Crippen LogP contribution in [0.1, 0.15) is 12.8 Å². The number of amides is 1. The van der Waals surface area contributed by atoms with E-state index in [9.17, 15) is 9.59 Å². The van der Waals surface area contributed by atoms with Crippen molar-refractivity contribution in [1.82, 2.24) is 10.6 Å². The Morgan fingerprint density at radius 3 is 2.94 bits per heavy atom. The third kappa shape index (κ3) is 5.67. The van der Waals surface area contributed by atoms with Crippen molar-refractivity contribution in [2.24, 2.45) is 5.92 Å². The molecule has 0 radical (unpaired) electrons. The quantitative estimate of drug-likeness (QED) is 0.499. The van der Waals surface area contributed by atoms with E-state index in [1.165, 1.54) is 0 Å². The molecule has 16 heavy (non-hydrogen) atoms. The summed E-state index contributed by atoms with van der Waals surface area (Å²) in [5.41, 5.74) is 0. The first-order chi connectivity index (χ1) is 7.68. The van der Waals surface area contributed by atoms with Crippen LogP contribution in [0.3, 0.4) is 0 Å². The standard InChI is InChI=1S/C10H18N2O4/c13-9(5-8-1-2-11-6-8)12-3-4-16-7-10(14)15/h8,11H,1-7H2,(H,12,13)(H,14,15). The molecule has 0 spiro atoms. The van der Waals surface area contributed by atoms with Gasteiger partial charge in [-0.05, 0) is 25.4 Å². The summed E-state index contributed by atoms with van der Waals surface area (Å²) in [7, 11) is 0. The molecule has 1 aliphatic heterocycles. The first kappa shape index (κ1) is 12.9. The van der Waals surface area contributed by atoms with Crippen molar-refractivity contribution >= 4 is 11.9 Å². The molecule has 3 N–H and O–H groups in total. The lowest BCUT2D eigenvalue weighted by molar-refractivity contribution is -0.142. The monoisotopic (exact) mass is 230 g/mol. The zero-order valence-electron chi connectivity index (χ0n) is 9.20. The molecule has 0 aliphatic carbocycles. The molecule has 1 fully saturated rings. The Kier molecular flexibility index (Phi) is 5.81. The Balaban J connectivity index is 1.95. The molecule has 0 aromatic heterocycles. The molecule has 92 valence electrons. The minimum absolute atomic E-state index is 0.00706. The average Bonchev–Trinajstić information content (AvgIpc) is 2.69. The van der Waals surface area contributed by atoms with Gasteiger partial charge in [0.15, 0.2) is 0 Å². The number of carboxylic acids is 1. The zero-order valence-corrected chi connectivity index (χ0v) is 9.20. The summed E-state index contributed by atoms with van der Waals surface area (Å²) >= 11 is 0. The molecular formula is C10H18N2O4. The SMILES string of the molecule is O=C(O)COCCNC(=O)CC1CCNC1. The van der Waals surface area contributed by atoms with E-state index in [0.717, 1.165) is 19.5 Å². The molecule has 0 saturated carbocycles. The summed E-state index contributed by atoms with van der Waals surface area (Å²) in [6, 6.07) is 0. The van der Waals surface area contributed by atoms with E-state index in [1.807, 2.05) is 0 Å². The maximum Gasteiger partial charge on any atom is 0.329 e. The van der Waals surface area contributed by atoms with E-state index < -0.39 is 5.97 Å². The van der Waals surface area contributed by atoms with Crippen molar-refractivity contribution in [3.8, 4) is 0 Å². The number of carbonyl (C=O) groups excluding carboxylic acids is 1. The van der Waals surface area contributed by atoms with Gasteiger partial charge in [-0.1, -0.05) is 0 Å². The number of hydrogen-bond donors (Lipinski definition) is 3. The number of aliphatic carboxylic acids is 1. The van der Waals surface area contributed by atoms with E-state index in [0.29, 0.717) is 18.9 Å². The van der Waals surface area contributed by atoms with Crippen LogP contribution in [0.25, 0.3) is 0 Å². The average molecular weight is 230 g/mol. The highest BCUT2D eigenvalue weighted by molar-refractivity contribution is 5.76. The van der Waals surface area contributed by atoms with Crippen molar-refractivity contribution in [3.63, 3.8) is 0 Å². The van der Waals surface area contributed by atoms with E-state index in [-0.39, 0.29) is 19.1 Å². The number of rotatable bonds is 7. The van der Waals surface area contributed by atoms with Gasteiger partial charge >= 0.3 is 5.97 Å². The van der Waals surface area contributed by atoms with Crippen molar-refractivity contribution in [3.05, 3.63) is 0 Å². The van der Waals surface area contributed by atoms with E-state index in [4.69, 9.17) is 9.84 Å². The van der Waals surface area contributed by atoms with Crippen LogP contribution in [0.2, 0.25) is 0 Å². The molecule has 1 aliphatic rings. The summed E-state index contributed by atoms with van der Waals surface area (Å²) in [4.78, 5) is 21.5. The lowest BCUT2D eigenvalue weighted by Gasteiger charge is -2.08. The first-order valence-electron chi connectivity index (χ1n) is 5.45. The molecule has 1 rings (SSSR count). The van der Waals surface area contributed by atoms with Gasteiger partial charge in [-0.3, -0.25) is 4.79 Å². The maximum absolute atomic E-state index is 11.4. The highest BCUT2D eigenvalue weighted by Gasteiger charge is 2.17. The highest BCUT2D eigenvalue weighted by Crippen LogP contribution is 2.11. The normalized spacial score (nSPS) is 19.6. The lowest BCUT2D eigenvalue weighted by atomic mass is 10.0. The molecular weight excluding hydrogens is 212 g/mol. The molecule has 6 heteroatoms. The molecule has 0 aromatic rings. The Bertz CT molecular complexity index is 239. The zero-order chi connectivity index (χ0) is 11.8. The predicted molar refractivity (Wildman–Crippen MR) is 57.1 cm³/mol. The molecule has 0 aromatic carbocycles. The van der Waals surface area contributed by atoms with Crippen LogP contribution in [0.4, 0.5) is 0 Å². The van der Waals surface area contributed by atoms with Crippen molar-refractivity contribution in [2.45, 2.75) is 12.8 Å². The summed E-state index contributed by atoms with van der Waals surface area (Å²) in [5.74, 6) is -0.559. The van der Waals surface area contributed by atoms with Gasteiger partial charge in [-0.2, -0.15) is 0 Å². The summed E-state index contributed by atoms with van der Waals surface area (Å²) in [6.07, 6.45) is 1.58. The smallest absolute Gasteiger partial charge is 0.329 e. The number of nitrogens with one attached hydrogen (secondary N) is 2. The second-order valence-corrected chi connectivity index (χ2v) is 3.86. The van der Waals surface area contributed by atoms with Crippen molar-refractivity contribution in [2.75, 3.05) is 32.8 Å². The fourth-order valence-electron chi connectivity index (χ4n) is 1.65. The fourth-order valence-corrected chi connectivity index (χ4v) is 1.65.